The molecule has 2 nitrogen and oxygen atoms in total. The van der Waals surface area contributed by atoms with Gasteiger partial charge in [-0.2, -0.15) is 0 Å². The predicted molar refractivity (Wildman–Crippen MR) is 92.3 cm³/mol. The highest BCUT2D eigenvalue weighted by Gasteiger charge is 2.04. The quantitative estimate of drug-likeness (QED) is 0.813. The van der Waals surface area contributed by atoms with Crippen molar-refractivity contribution >= 4 is 5.69 Å². The van der Waals surface area contributed by atoms with Crippen molar-refractivity contribution in [1.29, 1.82) is 0 Å². The maximum absolute atomic E-state index is 5.95. The zero-order valence-corrected chi connectivity index (χ0v) is 12.9. The first kappa shape index (κ1) is 15.3. The number of aryl methyl sites for hydroxylation is 1. The average Bonchev–Trinajstić information content (AvgIpc) is 2.55. The molecule has 0 aliphatic heterocycles. The number of nitrogens with one attached hydrogen (secondary N) is 1. The van der Waals surface area contributed by atoms with E-state index in [0.717, 1.165) is 24.2 Å². The Morgan fingerprint density at radius 1 is 1.00 bits per heavy atom. The van der Waals surface area contributed by atoms with Crippen LogP contribution in [0.5, 0.6) is 0 Å². The fourth-order valence-corrected chi connectivity index (χ4v) is 2.20. The molecule has 2 aromatic rings. The van der Waals surface area contributed by atoms with Gasteiger partial charge in [0.25, 0.3) is 0 Å². The highest BCUT2D eigenvalue weighted by Crippen LogP contribution is 2.22. The topological polar surface area (TPSA) is 38.0 Å². The molecule has 0 bridgehead atoms. The van der Waals surface area contributed by atoms with Crippen molar-refractivity contribution in [2.75, 3.05) is 5.32 Å². The zero-order valence-electron chi connectivity index (χ0n) is 12.9. The molecule has 2 rings (SSSR count). The number of anilines is 1. The van der Waals surface area contributed by atoms with Crippen LogP contribution in [0, 0.1) is 0 Å². The molecular weight excluding hydrogens is 256 g/mol. The van der Waals surface area contributed by atoms with Gasteiger partial charge in [0.15, 0.2) is 0 Å². The Morgan fingerprint density at radius 3 is 2.00 bits per heavy atom. The summed E-state index contributed by atoms with van der Waals surface area (Å²) in [5, 5.41) is 3.27. The standard InChI is InChI=1S/C19H24N2/c1-4-15-6-8-16(9-7-15)17-10-12-18(13-11-17)21-14(3)19(20)5-2/h6-13,19,21H,3-5,20H2,1-2H3. The highest BCUT2D eigenvalue weighted by atomic mass is 14.9. The molecule has 0 radical (unpaired) electrons. The van der Waals surface area contributed by atoms with Gasteiger partial charge < -0.3 is 11.1 Å². The highest BCUT2D eigenvalue weighted by molar-refractivity contribution is 5.66. The molecule has 0 saturated heterocycles. The fourth-order valence-electron chi connectivity index (χ4n) is 2.20. The summed E-state index contributed by atoms with van der Waals surface area (Å²) in [7, 11) is 0. The zero-order chi connectivity index (χ0) is 15.2. The van der Waals surface area contributed by atoms with Gasteiger partial charge in [0.2, 0.25) is 0 Å². The molecule has 1 atom stereocenters. The van der Waals surface area contributed by atoms with Crippen LogP contribution in [-0.2, 0) is 6.42 Å². The molecule has 0 saturated carbocycles. The first-order chi connectivity index (χ1) is 10.1. The minimum atomic E-state index is -0.00809. The van der Waals surface area contributed by atoms with Crippen LogP contribution in [0.3, 0.4) is 0 Å². The summed E-state index contributed by atoms with van der Waals surface area (Å²) in [4.78, 5) is 0. The summed E-state index contributed by atoms with van der Waals surface area (Å²) in [5.74, 6) is 0. The van der Waals surface area contributed by atoms with Crippen molar-refractivity contribution in [1.82, 2.24) is 0 Å². The first-order valence-corrected chi connectivity index (χ1v) is 7.54. The van der Waals surface area contributed by atoms with Gasteiger partial charge in [0, 0.05) is 17.4 Å². The molecule has 110 valence electrons. The van der Waals surface area contributed by atoms with E-state index >= 15 is 0 Å². The molecule has 2 heteroatoms. The van der Waals surface area contributed by atoms with E-state index in [-0.39, 0.29) is 6.04 Å². The molecule has 3 N–H and O–H groups in total. The van der Waals surface area contributed by atoms with Crippen LogP contribution in [0.25, 0.3) is 11.1 Å². The number of hydrogen-bond donors (Lipinski definition) is 2. The maximum atomic E-state index is 5.95. The lowest BCUT2D eigenvalue weighted by Gasteiger charge is -2.15. The molecule has 0 aromatic heterocycles. The van der Waals surface area contributed by atoms with Crippen molar-refractivity contribution < 1.29 is 0 Å². The van der Waals surface area contributed by atoms with Gasteiger partial charge in [0.05, 0.1) is 0 Å². The van der Waals surface area contributed by atoms with Crippen molar-refractivity contribution in [3.05, 3.63) is 66.4 Å². The Kier molecular flexibility index (Phi) is 5.18. The summed E-state index contributed by atoms with van der Waals surface area (Å²) >= 11 is 0. The van der Waals surface area contributed by atoms with Gasteiger partial charge in [-0.05, 0) is 41.7 Å². The molecule has 2 aromatic carbocycles. The predicted octanol–water partition coefficient (Wildman–Crippen LogP) is 4.58. The van der Waals surface area contributed by atoms with E-state index in [4.69, 9.17) is 5.73 Å². The van der Waals surface area contributed by atoms with Crippen molar-refractivity contribution in [2.24, 2.45) is 5.73 Å². The minimum Gasteiger partial charge on any atom is -0.358 e. The number of nitrogens with two attached hydrogens (primary N) is 1. The normalized spacial score (nSPS) is 12.0. The smallest absolute Gasteiger partial charge is 0.0439 e. The van der Waals surface area contributed by atoms with Gasteiger partial charge >= 0.3 is 0 Å². The number of benzene rings is 2. The van der Waals surface area contributed by atoms with Crippen LogP contribution in [0.1, 0.15) is 25.8 Å². The third-order valence-electron chi connectivity index (χ3n) is 3.77. The molecular formula is C19H24N2. The Morgan fingerprint density at radius 2 is 1.52 bits per heavy atom. The van der Waals surface area contributed by atoms with E-state index in [0.29, 0.717) is 0 Å². The summed E-state index contributed by atoms with van der Waals surface area (Å²) in [6.45, 7) is 8.21. The second-order valence-corrected chi connectivity index (χ2v) is 5.29. The Hall–Kier alpha value is -2.06. The van der Waals surface area contributed by atoms with Crippen LogP contribution < -0.4 is 11.1 Å². The Bertz CT molecular complexity index is 582. The minimum absolute atomic E-state index is 0.00809. The summed E-state index contributed by atoms with van der Waals surface area (Å²) in [5.41, 5.74) is 11.7. The van der Waals surface area contributed by atoms with Crippen molar-refractivity contribution in [3.63, 3.8) is 0 Å². The first-order valence-electron chi connectivity index (χ1n) is 7.54. The molecule has 21 heavy (non-hydrogen) atoms. The molecule has 0 spiro atoms. The van der Waals surface area contributed by atoms with E-state index in [1.807, 2.05) is 0 Å². The molecule has 0 amide bonds. The largest absolute Gasteiger partial charge is 0.358 e. The lowest BCUT2D eigenvalue weighted by molar-refractivity contribution is 0.746. The Balaban J connectivity index is 2.09. The molecule has 0 heterocycles. The molecule has 0 aliphatic carbocycles. The van der Waals surface area contributed by atoms with Gasteiger partial charge in [-0.15, -0.1) is 0 Å². The average molecular weight is 280 g/mol. The SMILES string of the molecule is C=C(Nc1ccc(-c2ccc(CC)cc2)cc1)C(N)CC. The van der Waals surface area contributed by atoms with E-state index in [1.165, 1.54) is 16.7 Å². The monoisotopic (exact) mass is 280 g/mol. The van der Waals surface area contributed by atoms with Crippen LogP contribution in [-0.4, -0.2) is 6.04 Å². The van der Waals surface area contributed by atoms with Gasteiger partial charge in [0.1, 0.15) is 0 Å². The summed E-state index contributed by atoms with van der Waals surface area (Å²) in [6.07, 6.45) is 1.95. The van der Waals surface area contributed by atoms with Crippen LogP contribution in [0.4, 0.5) is 5.69 Å². The second-order valence-electron chi connectivity index (χ2n) is 5.29. The van der Waals surface area contributed by atoms with Gasteiger partial charge in [-0.25, -0.2) is 0 Å². The van der Waals surface area contributed by atoms with Gasteiger partial charge in [-0.3, -0.25) is 0 Å². The maximum Gasteiger partial charge on any atom is 0.0439 e. The van der Waals surface area contributed by atoms with E-state index in [9.17, 15) is 0 Å². The van der Waals surface area contributed by atoms with Gasteiger partial charge in [-0.1, -0.05) is 56.8 Å². The van der Waals surface area contributed by atoms with Crippen molar-refractivity contribution in [3.8, 4) is 11.1 Å². The van der Waals surface area contributed by atoms with Crippen LogP contribution in [0.15, 0.2) is 60.8 Å². The molecule has 0 aliphatic rings. The lowest BCUT2D eigenvalue weighted by atomic mass is 10.0. The fraction of sp³-hybridized carbons (Fsp3) is 0.263. The van der Waals surface area contributed by atoms with Crippen molar-refractivity contribution in [2.45, 2.75) is 32.7 Å². The van der Waals surface area contributed by atoms with E-state index in [1.54, 1.807) is 0 Å². The second kappa shape index (κ2) is 7.09. The Labute approximate surface area is 127 Å². The summed E-state index contributed by atoms with van der Waals surface area (Å²) in [6, 6.07) is 17.1. The molecule has 0 fully saturated rings. The van der Waals surface area contributed by atoms with Crippen LogP contribution in [0.2, 0.25) is 0 Å². The third kappa shape index (κ3) is 3.96. The van der Waals surface area contributed by atoms with E-state index in [2.05, 4.69) is 74.3 Å². The van der Waals surface area contributed by atoms with Crippen LogP contribution >= 0.6 is 0 Å². The molecule has 1 unspecified atom stereocenters. The third-order valence-corrected chi connectivity index (χ3v) is 3.77. The summed E-state index contributed by atoms with van der Waals surface area (Å²) < 4.78 is 0. The van der Waals surface area contributed by atoms with E-state index < -0.39 is 0 Å². The number of rotatable bonds is 6. The lowest BCUT2D eigenvalue weighted by Crippen LogP contribution is -2.25. The number of hydrogen-bond acceptors (Lipinski definition) is 2.